The molecule has 0 unspecified atom stereocenters. The van der Waals surface area contributed by atoms with Gasteiger partial charge in [0, 0.05) is 11.6 Å². The van der Waals surface area contributed by atoms with E-state index in [0.29, 0.717) is 16.5 Å². The van der Waals surface area contributed by atoms with E-state index >= 15 is 0 Å². The Kier molecular flexibility index (Phi) is 5.87. The highest BCUT2D eigenvalue weighted by molar-refractivity contribution is 7.89. The fourth-order valence-corrected chi connectivity index (χ4v) is 3.03. The first-order chi connectivity index (χ1) is 10.9. The van der Waals surface area contributed by atoms with Crippen molar-refractivity contribution in [3.8, 4) is 11.5 Å². The Bertz CT molecular complexity index is 760. The Morgan fingerprint density at radius 1 is 1.09 bits per heavy atom. The lowest BCUT2D eigenvalue weighted by molar-refractivity contribution is 0.323. The van der Waals surface area contributed by atoms with Crippen molar-refractivity contribution in [3.63, 3.8) is 0 Å². The molecule has 0 radical (unpaired) electrons. The summed E-state index contributed by atoms with van der Waals surface area (Å²) in [4.78, 5) is 0.177. The fourth-order valence-electron chi connectivity index (χ4n) is 1.85. The van der Waals surface area contributed by atoms with Gasteiger partial charge in [-0.15, -0.1) is 0 Å². The van der Waals surface area contributed by atoms with Crippen LogP contribution in [0.5, 0.6) is 11.5 Å². The van der Waals surface area contributed by atoms with Crippen LogP contribution in [0.4, 0.5) is 0 Å². The number of halogens is 1. The lowest BCUT2D eigenvalue weighted by atomic mass is 10.2. The normalized spacial score (nSPS) is 11.3. The fraction of sp³-hybridized carbons (Fsp3) is 0.250. The van der Waals surface area contributed by atoms with E-state index in [0.717, 1.165) is 5.56 Å². The van der Waals surface area contributed by atoms with Crippen LogP contribution in [0.1, 0.15) is 5.56 Å². The lowest BCUT2D eigenvalue weighted by Gasteiger charge is -2.10. The number of rotatable bonds is 7. The van der Waals surface area contributed by atoms with Crippen LogP contribution >= 0.6 is 11.6 Å². The maximum atomic E-state index is 12.1. The Morgan fingerprint density at radius 3 is 2.35 bits per heavy atom. The number of sulfonamides is 1. The molecule has 0 aliphatic rings. The van der Waals surface area contributed by atoms with Gasteiger partial charge in [0.2, 0.25) is 10.0 Å². The van der Waals surface area contributed by atoms with Crippen molar-refractivity contribution in [1.29, 1.82) is 0 Å². The highest BCUT2D eigenvalue weighted by Crippen LogP contribution is 2.21. The molecule has 0 saturated carbocycles. The topological polar surface area (TPSA) is 64.6 Å². The summed E-state index contributed by atoms with van der Waals surface area (Å²) in [7, 11) is -2.04. The zero-order chi connectivity index (χ0) is 16.9. The Balaban J connectivity index is 1.87. The van der Waals surface area contributed by atoms with E-state index in [2.05, 4.69) is 4.72 Å². The number of hydrogen-bond donors (Lipinski definition) is 1. The van der Waals surface area contributed by atoms with Gasteiger partial charge in [-0.1, -0.05) is 17.7 Å². The van der Waals surface area contributed by atoms with Gasteiger partial charge in [0.25, 0.3) is 0 Å². The summed E-state index contributed by atoms with van der Waals surface area (Å²) in [6.07, 6.45) is 0. The van der Waals surface area contributed by atoms with Gasteiger partial charge in [-0.2, -0.15) is 0 Å². The van der Waals surface area contributed by atoms with Crippen molar-refractivity contribution in [2.75, 3.05) is 20.3 Å². The molecule has 0 aliphatic heterocycles. The van der Waals surface area contributed by atoms with E-state index in [1.54, 1.807) is 24.3 Å². The highest BCUT2D eigenvalue weighted by atomic mass is 35.5. The number of methoxy groups -OCH3 is 1. The van der Waals surface area contributed by atoms with Crippen LogP contribution in [0.3, 0.4) is 0 Å². The average molecular weight is 356 g/mol. The molecule has 5 nitrogen and oxygen atoms in total. The molecule has 0 amide bonds. The van der Waals surface area contributed by atoms with Crippen molar-refractivity contribution in [2.45, 2.75) is 11.8 Å². The second-order valence-corrected chi connectivity index (χ2v) is 7.01. The smallest absolute Gasteiger partial charge is 0.240 e. The van der Waals surface area contributed by atoms with E-state index in [4.69, 9.17) is 21.1 Å². The van der Waals surface area contributed by atoms with Crippen LogP contribution < -0.4 is 14.2 Å². The molecule has 7 heteroatoms. The average Bonchev–Trinajstić information content (AvgIpc) is 2.55. The molecule has 2 aromatic carbocycles. The molecular formula is C16H18ClNO4S. The van der Waals surface area contributed by atoms with E-state index in [1.807, 2.05) is 13.0 Å². The maximum Gasteiger partial charge on any atom is 0.240 e. The molecule has 2 aromatic rings. The van der Waals surface area contributed by atoms with Gasteiger partial charge in [-0.05, 0) is 48.9 Å². The molecule has 0 aliphatic carbocycles. The summed E-state index contributed by atoms with van der Waals surface area (Å²) in [6.45, 7) is 2.25. The Morgan fingerprint density at radius 2 is 1.74 bits per heavy atom. The molecule has 1 N–H and O–H groups in total. The van der Waals surface area contributed by atoms with Crippen LogP contribution in [0.2, 0.25) is 5.02 Å². The second-order valence-electron chi connectivity index (χ2n) is 4.83. The summed E-state index contributed by atoms with van der Waals surface area (Å²) in [5.74, 6) is 1.20. The van der Waals surface area contributed by atoms with Crippen LogP contribution in [0.25, 0.3) is 0 Å². The summed E-state index contributed by atoms with van der Waals surface area (Å²) < 4.78 is 37.2. The number of nitrogens with one attached hydrogen (secondary N) is 1. The summed E-state index contributed by atoms with van der Waals surface area (Å²) in [5, 5.41) is 0.612. The zero-order valence-electron chi connectivity index (χ0n) is 12.9. The van der Waals surface area contributed by atoms with E-state index in [1.165, 1.54) is 19.2 Å². The SMILES string of the molecule is COc1ccc(S(=O)(=O)NCCOc2ccc(C)c(Cl)c2)cc1. The minimum Gasteiger partial charge on any atom is -0.497 e. The molecule has 0 atom stereocenters. The van der Waals surface area contributed by atoms with Gasteiger partial charge < -0.3 is 9.47 Å². The largest absolute Gasteiger partial charge is 0.497 e. The zero-order valence-corrected chi connectivity index (χ0v) is 14.4. The quantitative estimate of drug-likeness (QED) is 0.775. The predicted molar refractivity (Wildman–Crippen MR) is 89.9 cm³/mol. The van der Waals surface area contributed by atoms with Gasteiger partial charge in [0.05, 0.1) is 12.0 Å². The molecule has 23 heavy (non-hydrogen) atoms. The monoisotopic (exact) mass is 355 g/mol. The minimum absolute atomic E-state index is 0.153. The molecule has 2 rings (SSSR count). The summed E-state index contributed by atoms with van der Waals surface area (Å²) in [5.41, 5.74) is 0.958. The Labute approximate surface area is 141 Å². The van der Waals surface area contributed by atoms with Gasteiger partial charge in [-0.25, -0.2) is 13.1 Å². The molecule has 0 fully saturated rings. The molecule has 124 valence electrons. The molecule has 0 saturated heterocycles. The van der Waals surface area contributed by atoms with Crippen molar-refractivity contribution < 1.29 is 17.9 Å². The van der Waals surface area contributed by atoms with E-state index in [9.17, 15) is 8.42 Å². The van der Waals surface area contributed by atoms with E-state index in [-0.39, 0.29) is 18.0 Å². The van der Waals surface area contributed by atoms with E-state index < -0.39 is 10.0 Å². The molecule has 0 aromatic heterocycles. The number of ether oxygens (including phenoxy) is 2. The van der Waals surface area contributed by atoms with Crippen LogP contribution in [0, 0.1) is 6.92 Å². The number of hydrogen-bond acceptors (Lipinski definition) is 4. The van der Waals surface area contributed by atoms with Crippen LogP contribution in [-0.2, 0) is 10.0 Å². The van der Waals surface area contributed by atoms with Crippen molar-refractivity contribution in [2.24, 2.45) is 0 Å². The Hall–Kier alpha value is -1.76. The molecular weight excluding hydrogens is 338 g/mol. The lowest BCUT2D eigenvalue weighted by Crippen LogP contribution is -2.28. The van der Waals surface area contributed by atoms with Gasteiger partial charge >= 0.3 is 0 Å². The van der Waals surface area contributed by atoms with Crippen LogP contribution in [-0.4, -0.2) is 28.7 Å². The third-order valence-corrected chi connectivity index (χ3v) is 5.06. The molecule has 0 heterocycles. The van der Waals surface area contributed by atoms with Crippen molar-refractivity contribution in [3.05, 3.63) is 53.1 Å². The highest BCUT2D eigenvalue weighted by Gasteiger charge is 2.13. The third-order valence-electron chi connectivity index (χ3n) is 3.18. The number of benzene rings is 2. The first-order valence-corrected chi connectivity index (χ1v) is 8.81. The minimum atomic E-state index is -3.57. The standard InChI is InChI=1S/C16H18ClNO4S/c1-12-3-4-14(11-16(12)17)22-10-9-18-23(19,20)15-7-5-13(21-2)6-8-15/h3-8,11,18H,9-10H2,1-2H3. The van der Waals surface area contributed by atoms with Gasteiger partial charge in [0.15, 0.2) is 0 Å². The van der Waals surface area contributed by atoms with Gasteiger partial charge in [-0.3, -0.25) is 0 Å². The number of aryl methyl sites for hydroxylation is 1. The second kappa shape index (κ2) is 7.68. The van der Waals surface area contributed by atoms with Crippen molar-refractivity contribution >= 4 is 21.6 Å². The van der Waals surface area contributed by atoms with Crippen LogP contribution in [0.15, 0.2) is 47.4 Å². The predicted octanol–water partition coefficient (Wildman–Crippen LogP) is 3.01. The first kappa shape index (κ1) is 17.6. The molecule has 0 bridgehead atoms. The summed E-state index contributed by atoms with van der Waals surface area (Å²) >= 11 is 6.00. The van der Waals surface area contributed by atoms with Crippen molar-refractivity contribution in [1.82, 2.24) is 4.72 Å². The first-order valence-electron chi connectivity index (χ1n) is 6.95. The third kappa shape index (κ3) is 4.86. The summed E-state index contributed by atoms with van der Waals surface area (Å²) in [6, 6.07) is 11.5. The molecule has 0 spiro atoms. The van der Waals surface area contributed by atoms with Gasteiger partial charge in [0.1, 0.15) is 18.1 Å². The maximum absolute atomic E-state index is 12.1.